The van der Waals surface area contributed by atoms with Crippen molar-refractivity contribution in [2.75, 3.05) is 5.75 Å². The van der Waals surface area contributed by atoms with Crippen LogP contribution in [0.4, 0.5) is 4.79 Å². The molecule has 0 aromatic rings. The lowest BCUT2D eigenvalue weighted by atomic mass is 10.2. The van der Waals surface area contributed by atoms with Crippen LogP contribution in [0.5, 0.6) is 0 Å². The lowest BCUT2D eigenvalue weighted by Crippen LogP contribution is -2.56. The highest BCUT2D eigenvalue weighted by Crippen LogP contribution is 2.40. The van der Waals surface area contributed by atoms with Gasteiger partial charge in [0.15, 0.2) is 4.87 Å². The van der Waals surface area contributed by atoms with Crippen LogP contribution in [-0.4, -0.2) is 55.4 Å². The van der Waals surface area contributed by atoms with Crippen LogP contribution in [0.25, 0.3) is 0 Å². The van der Waals surface area contributed by atoms with Crippen LogP contribution < -0.4 is 0 Å². The first-order valence-corrected chi connectivity index (χ1v) is 6.60. The Bertz CT molecular complexity index is 418. The number of ether oxygens (including phenoxy) is 1. The van der Waals surface area contributed by atoms with Gasteiger partial charge < -0.3 is 14.9 Å². The Hall–Kier alpha value is -1.44. The number of carboxylic acids is 2. The predicted octanol–water partition coefficient (Wildman–Crippen LogP) is 1.22. The molecule has 19 heavy (non-hydrogen) atoms. The van der Waals surface area contributed by atoms with Gasteiger partial charge in [-0.15, -0.1) is 11.8 Å². The average Bonchev–Trinajstić information content (AvgIpc) is 2.54. The number of amides is 1. The molecule has 1 saturated heterocycles. The number of rotatable bonds is 2. The Labute approximate surface area is 114 Å². The third-order valence-electron chi connectivity index (χ3n) is 2.57. The summed E-state index contributed by atoms with van der Waals surface area (Å²) in [5.74, 6) is -2.51. The molecular formula is C11H17NO6S. The van der Waals surface area contributed by atoms with Crippen LogP contribution in [-0.2, 0) is 14.3 Å². The monoisotopic (exact) mass is 291 g/mol. The Kier molecular flexibility index (Phi) is 4.04. The van der Waals surface area contributed by atoms with Gasteiger partial charge in [0, 0.05) is 5.75 Å². The van der Waals surface area contributed by atoms with E-state index in [4.69, 9.17) is 9.84 Å². The van der Waals surface area contributed by atoms with Crippen molar-refractivity contribution in [3.8, 4) is 0 Å². The first-order chi connectivity index (χ1) is 8.49. The average molecular weight is 291 g/mol. The summed E-state index contributed by atoms with van der Waals surface area (Å²) in [4.78, 5) is 33.7. The second-order valence-corrected chi connectivity index (χ2v) is 6.72. The summed E-state index contributed by atoms with van der Waals surface area (Å²) < 4.78 is 5.09. The fourth-order valence-corrected chi connectivity index (χ4v) is 2.88. The third-order valence-corrected chi connectivity index (χ3v) is 3.98. The zero-order valence-electron chi connectivity index (χ0n) is 11.2. The molecule has 0 bridgehead atoms. The lowest BCUT2D eigenvalue weighted by Gasteiger charge is -2.34. The fraction of sp³-hybridized carbons (Fsp3) is 0.727. The van der Waals surface area contributed by atoms with E-state index in [0.29, 0.717) is 0 Å². The van der Waals surface area contributed by atoms with E-state index in [1.165, 1.54) is 6.92 Å². The molecule has 7 nitrogen and oxygen atoms in total. The smallest absolute Gasteiger partial charge is 0.412 e. The molecule has 2 unspecified atom stereocenters. The highest BCUT2D eigenvalue weighted by atomic mass is 32.2. The molecule has 1 aliphatic rings. The minimum Gasteiger partial charge on any atom is -0.480 e. The molecule has 2 atom stereocenters. The summed E-state index contributed by atoms with van der Waals surface area (Å²) in [5, 5.41) is 18.3. The number of thioether (sulfide) groups is 1. The molecule has 1 heterocycles. The summed E-state index contributed by atoms with van der Waals surface area (Å²) in [6.07, 6.45) is -0.935. The molecule has 0 saturated carbocycles. The van der Waals surface area contributed by atoms with E-state index in [-0.39, 0.29) is 5.75 Å². The minimum atomic E-state index is -1.63. The molecule has 0 aromatic carbocycles. The molecule has 0 aliphatic carbocycles. The van der Waals surface area contributed by atoms with Crippen molar-refractivity contribution in [3.05, 3.63) is 0 Å². The SMILES string of the molecule is CC(C)(C)OC(=O)N1C(C(=O)O)CSC1(C)C(=O)O. The van der Waals surface area contributed by atoms with E-state index in [2.05, 4.69) is 0 Å². The maximum atomic E-state index is 12.1. The first kappa shape index (κ1) is 15.6. The van der Waals surface area contributed by atoms with Gasteiger partial charge in [0.2, 0.25) is 0 Å². The van der Waals surface area contributed by atoms with Crippen LogP contribution in [0.1, 0.15) is 27.7 Å². The van der Waals surface area contributed by atoms with Crippen molar-refractivity contribution in [3.63, 3.8) is 0 Å². The normalized spacial score (nSPS) is 27.2. The topological polar surface area (TPSA) is 104 Å². The molecule has 0 aromatic heterocycles. The standard InChI is InChI=1S/C11H17NO6S/c1-10(2,3)18-9(17)12-6(7(13)14)5-19-11(12,4)8(15)16/h6H,5H2,1-4H3,(H,13,14)(H,15,16). The summed E-state index contributed by atoms with van der Waals surface area (Å²) in [7, 11) is 0. The second-order valence-electron chi connectivity index (χ2n) is 5.30. The van der Waals surface area contributed by atoms with E-state index in [0.717, 1.165) is 16.7 Å². The first-order valence-electron chi connectivity index (χ1n) is 5.61. The number of carbonyl (C=O) groups excluding carboxylic acids is 1. The zero-order valence-corrected chi connectivity index (χ0v) is 12.0. The second kappa shape index (κ2) is 4.92. The van der Waals surface area contributed by atoms with Gasteiger partial charge in [0.25, 0.3) is 0 Å². The predicted molar refractivity (Wildman–Crippen MR) is 68.0 cm³/mol. The van der Waals surface area contributed by atoms with Gasteiger partial charge in [-0.05, 0) is 27.7 Å². The van der Waals surface area contributed by atoms with Gasteiger partial charge in [0.1, 0.15) is 11.6 Å². The number of hydrogen-bond acceptors (Lipinski definition) is 5. The van der Waals surface area contributed by atoms with Gasteiger partial charge in [-0.3, -0.25) is 4.90 Å². The van der Waals surface area contributed by atoms with Gasteiger partial charge in [-0.25, -0.2) is 14.4 Å². The highest BCUT2D eigenvalue weighted by molar-refractivity contribution is 8.01. The van der Waals surface area contributed by atoms with Crippen LogP contribution >= 0.6 is 11.8 Å². The van der Waals surface area contributed by atoms with Crippen LogP contribution in [0.2, 0.25) is 0 Å². The van der Waals surface area contributed by atoms with Crippen molar-refractivity contribution in [2.24, 2.45) is 0 Å². The Morgan fingerprint density at radius 2 is 1.84 bits per heavy atom. The van der Waals surface area contributed by atoms with Crippen molar-refractivity contribution in [2.45, 2.75) is 44.2 Å². The van der Waals surface area contributed by atoms with Crippen LogP contribution in [0.15, 0.2) is 0 Å². The maximum Gasteiger partial charge on any atom is 0.412 e. The van der Waals surface area contributed by atoms with E-state index < -0.39 is 34.5 Å². The van der Waals surface area contributed by atoms with E-state index in [1.54, 1.807) is 20.8 Å². The Balaban J connectivity index is 3.10. The fourth-order valence-electron chi connectivity index (χ4n) is 1.64. The third kappa shape index (κ3) is 3.12. The highest BCUT2D eigenvalue weighted by Gasteiger charge is 2.55. The number of nitrogens with zero attached hydrogens (tertiary/aromatic N) is 1. The summed E-state index contributed by atoms with van der Waals surface area (Å²) in [6, 6.07) is -1.21. The quantitative estimate of drug-likeness (QED) is 0.788. The molecule has 1 aliphatic heterocycles. The molecule has 2 N–H and O–H groups in total. The molecule has 0 spiro atoms. The number of carbonyl (C=O) groups is 3. The number of hydrogen-bond donors (Lipinski definition) is 2. The molecule has 108 valence electrons. The van der Waals surface area contributed by atoms with Gasteiger partial charge >= 0.3 is 18.0 Å². The summed E-state index contributed by atoms with van der Waals surface area (Å²) in [5.41, 5.74) is -0.827. The van der Waals surface area contributed by atoms with Crippen LogP contribution in [0.3, 0.4) is 0 Å². The molecule has 0 radical (unpaired) electrons. The van der Waals surface area contributed by atoms with E-state index >= 15 is 0 Å². The molecular weight excluding hydrogens is 274 g/mol. The largest absolute Gasteiger partial charge is 0.480 e. The minimum absolute atomic E-state index is 0.0113. The number of aliphatic carboxylic acids is 2. The molecule has 1 rings (SSSR count). The van der Waals surface area contributed by atoms with Crippen molar-refractivity contribution >= 4 is 29.8 Å². The van der Waals surface area contributed by atoms with Crippen molar-refractivity contribution < 1.29 is 29.3 Å². The van der Waals surface area contributed by atoms with Gasteiger partial charge in [0.05, 0.1) is 0 Å². The Morgan fingerprint density at radius 3 is 2.21 bits per heavy atom. The Morgan fingerprint density at radius 1 is 1.32 bits per heavy atom. The zero-order chi connectivity index (χ0) is 15.0. The van der Waals surface area contributed by atoms with E-state index in [9.17, 15) is 19.5 Å². The molecule has 8 heteroatoms. The summed E-state index contributed by atoms with van der Waals surface area (Å²) >= 11 is 0.896. The van der Waals surface area contributed by atoms with Crippen LogP contribution in [0, 0.1) is 0 Å². The van der Waals surface area contributed by atoms with E-state index in [1.807, 2.05) is 0 Å². The van der Waals surface area contributed by atoms with Gasteiger partial charge in [-0.1, -0.05) is 0 Å². The lowest BCUT2D eigenvalue weighted by molar-refractivity contribution is -0.149. The molecule has 1 amide bonds. The molecule has 1 fully saturated rings. The number of carboxylic acid groups (broad SMARTS) is 2. The summed E-state index contributed by atoms with van der Waals surface area (Å²) in [6.45, 7) is 6.18. The van der Waals surface area contributed by atoms with Crippen molar-refractivity contribution in [1.82, 2.24) is 4.90 Å². The van der Waals surface area contributed by atoms with Gasteiger partial charge in [-0.2, -0.15) is 0 Å². The van der Waals surface area contributed by atoms with Crippen molar-refractivity contribution in [1.29, 1.82) is 0 Å². The maximum absolute atomic E-state index is 12.1.